The summed E-state index contributed by atoms with van der Waals surface area (Å²) in [5.41, 5.74) is 3.47. The standard InChI is InChI=1S/C20H20BrN3OS/c21-14-6-5-7-15(12-14)23-20(25)22-13-17-16-8-1-2-9-18(16)26-19(17)24-10-3-4-11-24/h3-7,10-12H,1-2,8-9,13H2,(H2,22,23,25). The summed E-state index contributed by atoms with van der Waals surface area (Å²) in [6, 6.07) is 11.5. The van der Waals surface area contributed by atoms with Gasteiger partial charge in [0.2, 0.25) is 0 Å². The lowest BCUT2D eigenvalue weighted by Crippen LogP contribution is -2.28. The molecule has 2 amide bonds. The molecule has 0 saturated heterocycles. The Kier molecular flexibility index (Phi) is 5.13. The highest BCUT2D eigenvalue weighted by Crippen LogP contribution is 2.36. The minimum absolute atomic E-state index is 0.183. The van der Waals surface area contributed by atoms with Gasteiger partial charge in [-0.05, 0) is 61.6 Å². The van der Waals surface area contributed by atoms with E-state index in [-0.39, 0.29) is 6.03 Å². The van der Waals surface area contributed by atoms with Gasteiger partial charge < -0.3 is 15.2 Å². The largest absolute Gasteiger partial charge is 0.334 e. The third kappa shape index (κ3) is 3.71. The molecule has 4 nitrogen and oxygen atoms in total. The number of thiophene rings is 1. The van der Waals surface area contributed by atoms with Crippen molar-refractivity contribution in [3.8, 4) is 5.00 Å². The first-order valence-corrected chi connectivity index (χ1v) is 10.4. The van der Waals surface area contributed by atoms with E-state index < -0.39 is 0 Å². The molecule has 1 aromatic carbocycles. The molecule has 2 aromatic heterocycles. The smallest absolute Gasteiger partial charge is 0.319 e. The van der Waals surface area contributed by atoms with Gasteiger partial charge in [-0.1, -0.05) is 22.0 Å². The van der Waals surface area contributed by atoms with Crippen LogP contribution in [0.15, 0.2) is 53.3 Å². The molecule has 6 heteroatoms. The molecule has 2 N–H and O–H groups in total. The molecule has 26 heavy (non-hydrogen) atoms. The summed E-state index contributed by atoms with van der Waals surface area (Å²) in [4.78, 5) is 13.8. The Hall–Kier alpha value is -2.05. The summed E-state index contributed by atoms with van der Waals surface area (Å²) >= 11 is 5.28. The maximum absolute atomic E-state index is 12.3. The number of nitrogens with zero attached hydrogens (tertiary/aromatic N) is 1. The normalized spacial score (nSPS) is 13.3. The molecule has 0 saturated carbocycles. The Labute approximate surface area is 165 Å². The minimum Gasteiger partial charge on any atom is -0.334 e. The quantitative estimate of drug-likeness (QED) is 0.564. The molecule has 4 rings (SSSR count). The van der Waals surface area contributed by atoms with Crippen LogP contribution in [-0.4, -0.2) is 10.6 Å². The molecule has 2 heterocycles. The lowest BCUT2D eigenvalue weighted by Gasteiger charge is -2.14. The number of nitrogens with one attached hydrogen (secondary N) is 2. The molecule has 0 fully saturated rings. The summed E-state index contributed by atoms with van der Waals surface area (Å²) in [5.74, 6) is 0. The van der Waals surface area contributed by atoms with Crippen LogP contribution >= 0.6 is 27.3 Å². The van der Waals surface area contributed by atoms with E-state index in [1.807, 2.05) is 47.7 Å². The van der Waals surface area contributed by atoms with Crippen LogP contribution in [0.5, 0.6) is 0 Å². The summed E-state index contributed by atoms with van der Waals surface area (Å²) < 4.78 is 3.10. The Balaban J connectivity index is 1.52. The van der Waals surface area contributed by atoms with E-state index in [0.29, 0.717) is 6.54 Å². The molecule has 0 aliphatic heterocycles. The number of amides is 2. The van der Waals surface area contributed by atoms with Gasteiger partial charge in [0.25, 0.3) is 0 Å². The molecule has 3 aromatic rings. The number of carbonyl (C=O) groups excluding carboxylic acids is 1. The summed E-state index contributed by atoms with van der Waals surface area (Å²) in [5, 5.41) is 7.16. The lowest BCUT2D eigenvalue weighted by molar-refractivity contribution is 0.251. The van der Waals surface area contributed by atoms with E-state index in [2.05, 4.69) is 43.5 Å². The number of hydrogen-bond acceptors (Lipinski definition) is 2. The first kappa shape index (κ1) is 17.4. The molecular formula is C20H20BrN3OS. The van der Waals surface area contributed by atoms with Crippen LogP contribution in [0, 0.1) is 0 Å². The Bertz CT molecular complexity index is 917. The number of hydrogen-bond donors (Lipinski definition) is 2. The minimum atomic E-state index is -0.183. The van der Waals surface area contributed by atoms with Crippen LogP contribution in [0.3, 0.4) is 0 Å². The van der Waals surface area contributed by atoms with E-state index in [0.717, 1.165) is 23.0 Å². The Morgan fingerprint density at radius 2 is 1.96 bits per heavy atom. The molecule has 0 unspecified atom stereocenters. The number of aryl methyl sites for hydroxylation is 1. The second-order valence-corrected chi connectivity index (χ2v) is 8.40. The fourth-order valence-corrected chi connectivity index (χ4v) is 5.16. The van der Waals surface area contributed by atoms with E-state index in [9.17, 15) is 4.79 Å². The van der Waals surface area contributed by atoms with E-state index in [4.69, 9.17) is 0 Å². The van der Waals surface area contributed by atoms with Crippen molar-refractivity contribution in [1.82, 2.24) is 9.88 Å². The van der Waals surface area contributed by atoms with Gasteiger partial charge in [0.05, 0.1) is 0 Å². The van der Waals surface area contributed by atoms with Gasteiger partial charge in [0.15, 0.2) is 0 Å². The molecule has 134 valence electrons. The SMILES string of the molecule is O=C(NCc1c(-n2cccc2)sc2c1CCCC2)Nc1cccc(Br)c1. The van der Waals surface area contributed by atoms with Crippen LogP contribution in [0.2, 0.25) is 0 Å². The van der Waals surface area contributed by atoms with Crippen molar-refractivity contribution in [1.29, 1.82) is 0 Å². The summed E-state index contributed by atoms with van der Waals surface area (Å²) in [6.45, 7) is 0.541. The third-order valence-corrected chi connectivity index (χ3v) is 6.45. The number of benzene rings is 1. The molecule has 0 spiro atoms. The number of aromatic nitrogens is 1. The summed E-state index contributed by atoms with van der Waals surface area (Å²) in [7, 11) is 0. The van der Waals surface area contributed by atoms with Crippen molar-refractivity contribution < 1.29 is 4.79 Å². The number of carbonyl (C=O) groups is 1. The second-order valence-electron chi connectivity index (χ2n) is 6.40. The average Bonchev–Trinajstić information content (AvgIpc) is 3.27. The number of anilines is 1. The molecule has 1 aliphatic rings. The number of halogens is 1. The predicted octanol–water partition coefficient (Wildman–Crippen LogP) is 5.50. The van der Waals surface area contributed by atoms with Crippen molar-refractivity contribution in [3.05, 3.63) is 69.3 Å². The van der Waals surface area contributed by atoms with Crippen LogP contribution in [0.4, 0.5) is 10.5 Å². The van der Waals surface area contributed by atoms with Gasteiger partial charge in [-0.15, -0.1) is 11.3 Å². The average molecular weight is 430 g/mol. The highest BCUT2D eigenvalue weighted by Gasteiger charge is 2.21. The van der Waals surface area contributed by atoms with Crippen molar-refractivity contribution in [2.45, 2.75) is 32.2 Å². The first-order valence-electron chi connectivity index (χ1n) is 8.78. The fourth-order valence-electron chi connectivity index (χ4n) is 3.39. The van der Waals surface area contributed by atoms with Gasteiger partial charge in [-0.3, -0.25) is 0 Å². The van der Waals surface area contributed by atoms with Gasteiger partial charge in [-0.2, -0.15) is 0 Å². The van der Waals surface area contributed by atoms with Crippen molar-refractivity contribution >= 4 is 39.0 Å². The van der Waals surface area contributed by atoms with Crippen LogP contribution in [-0.2, 0) is 19.4 Å². The molecule has 0 atom stereocenters. The van der Waals surface area contributed by atoms with E-state index in [1.165, 1.54) is 33.8 Å². The highest BCUT2D eigenvalue weighted by molar-refractivity contribution is 9.10. The third-order valence-electron chi connectivity index (χ3n) is 4.61. The lowest BCUT2D eigenvalue weighted by atomic mass is 9.95. The van der Waals surface area contributed by atoms with Crippen LogP contribution in [0.1, 0.15) is 28.8 Å². The Morgan fingerprint density at radius 1 is 1.15 bits per heavy atom. The number of rotatable bonds is 4. The van der Waals surface area contributed by atoms with E-state index in [1.54, 1.807) is 0 Å². The monoisotopic (exact) mass is 429 g/mol. The van der Waals surface area contributed by atoms with Crippen molar-refractivity contribution in [2.24, 2.45) is 0 Å². The molecular weight excluding hydrogens is 410 g/mol. The first-order chi connectivity index (χ1) is 12.7. The van der Waals surface area contributed by atoms with E-state index >= 15 is 0 Å². The fraction of sp³-hybridized carbons (Fsp3) is 0.250. The maximum atomic E-state index is 12.3. The second kappa shape index (κ2) is 7.68. The topological polar surface area (TPSA) is 46.1 Å². The molecule has 0 bridgehead atoms. The molecule has 0 radical (unpaired) electrons. The van der Waals surface area contributed by atoms with Gasteiger partial charge >= 0.3 is 6.03 Å². The van der Waals surface area contributed by atoms with Gasteiger partial charge in [0, 0.05) is 39.5 Å². The highest BCUT2D eigenvalue weighted by atomic mass is 79.9. The maximum Gasteiger partial charge on any atom is 0.319 e. The zero-order valence-corrected chi connectivity index (χ0v) is 16.7. The summed E-state index contributed by atoms with van der Waals surface area (Å²) in [6.07, 6.45) is 8.89. The van der Waals surface area contributed by atoms with Gasteiger partial charge in [-0.25, -0.2) is 4.79 Å². The van der Waals surface area contributed by atoms with Gasteiger partial charge in [0.1, 0.15) is 5.00 Å². The number of urea groups is 1. The predicted molar refractivity (Wildman–Crippen MR) is 110 cm³/mol. The zero-order chi connectivity index (χ0) is 17.9. The van der Waals surface area contributed by atoms with Crippen molar-refractivity contribution in [2.75, 3.05) is 5.32 Å². The Morgan fingerprint density at radius 3 is 2.77 bits per heavy atom. The van der Waals surface area contributed by atoms with Crippen LogP contribution < -0.4 is 10.6 Å². The number of fused-ring (bicyclic) bond motifs is 1. The van der Waals surface area contributed by atoms with Crippen LogP contribution in [0.25, 0.3) is 5.00 Å². The molecule has 1 aliphatic carbocycles. The zero-order valence-electron chi connectivity index (χ0n) is 14.3. The van der Waals surface area contributed by atoms with Crippen molar-refractivity contribution in [3.63, 3.8) is 0 Å².